The van der Waals surface area contributed by atoms with Crippen LogP contribution in [0.15, 0.2) is 48.5 Å². The van der Waals surface area contributed by atoms with Crippen molar-refractivity contribution < 1.29 is 19.1 Å². The molecule has 2 aromatic carbocycles. The van der Waals surface area contributed by atoms with Crippen LogP contribution in [0.5, 0.6) is 5.75 Å². The van der Waals surface area contributed by atoms with Crippen LogP contribution in [-0.4, -0.2) is 35.7 Å². The lowest BCUT2D eigenvalue weighted by Gasteiger charge is -2.49. The summed E-state index contributed by atoms with van der Waals surface area (Å²) in [4.78, 5) is 27.4. The molecule has 0 spiro atoms. The zero-order valence-corrected chi connectivity index (χ0v) is 22.1. The summed E-state index contributed by atoms with van der Waals surface area (Å²) in [5.74, 6) is 0.905. The Bertz CT molecular complexity index is 1050. The third-order valence-corrected chi connectivity index (χ3v) is 8.00. The van der Waals surface area contributed by atoms with Gasteiger partial charge in [0.15, 0.2) is 0 Å². The summed E-state index contributed by atoms with van der Waals surface area (Å²) < 4.78 is 11.4. The molecule has 2 aliphatic carbocycles. The van der Waals surface area contributed by atoms with Gasteiger partial charge in [-0.3, -0.25) is 0 Å². The molecule has 0 radical (unpaired) electrons. The number of nitrogens with one attached hydrogen (secondary N) is 1. The van der Waals surface area contributed by atoms with Crippen molar-refractivity contribution in [2.24, 2.45) is 5.92 Å². The number of fused-ring (bicyclic) bond motifs is 4. The summed E-state index contributed by atoms with van der Waals surface area (Å²) in [6, 6.07) is 15.8. The van der Waals surface area contributed by atoms with Gasteiger partial charge in [-0.1, -0.05) is 62.6 Å². The van der Waals surface area contributed by atoms with Crippen molar-refractivity contribution in [1.82, 2.24) is 10.2 Å². The number of amides is 2. The first-order chi connectivity index (χ1) is 17.3. The number of hydrogen-bond acceptors (Lipinski definition) is 4. The molecule has 36 heavy (non-hydrogen) atoms. The molecule has 0 heterocycles. The summed E-state index contributed by atoms with van der Waals surface area (Å²) >= 11 is 0. The van der Waals surface area contributed by atoms with E-state index < -0.39 is 0 Å². The number of ether oxygens (including phenoxy) is 2. The Hall–Kier alpha value is -3.02. The number of hydrogen-bond donors (Lipinski definition) is 1. The zero-order valence-electron chi connectivity index (χ0n) is 22.1. The highest BCUT2D eigenvalue weighted by molar-refractivity contribution is 5.71. The summed E-state index contributed by atoms with van der Waals surface area (Å²) in [6.45, 7) is 9.03. The fraction of sp³-hybridized carbons (Fsp3) is 0.533. The Morgan fingerprint density at radius 1 is 1.11 bits per heavy atom. The van der Waals surface area contributed by atoms with Gasteiger partial charge in [-0.2, -0.15) is 0 Å². The van der Waals surface area contributed by atoms with Gasteiger partial charge in [0.25, 0.3) is 0 Å². The van der Waals surface area contributed by atoms with Crippen LogP contribution in [0.1, 0.15) is 76.5 Å². The predicted octanol–water partition coefficient (Wildman–Crippen LogP) is 6.60. The van der Waals surface area contributed by atoms with Crippen LogP contribution in [0.2, 0.25) is 0 Å². The molecule has 0 aliphatic heterocycles. The minimum Gasteiger partial charge on any atom is -0.445 e. The van der Waals surface area contributed by atoms with E-state index in [0.29, 0.717) is 18.2 Å². The molecule has 1 fully saturated rings. The van der Waals surface area contributed by atoms with Crippen LogP contribution in [0.3, 0.4) is 0 Å². The van der Waals surface area contributed by atoms with Crippen molar-refractivity contribution >= 4 is 12.2 Å². The van der Waals surface area contributed by atoms with E-state index in [2.05, 4.69) is 18.3 Å². The van der Waals surface area contributed by atoms with Crippen molar-refractivity contribution in [1.29, 1.82) is 0 Å². The van der Waals surface area contributed by atoms with Crippen molar-refractivity contribution in [3.8, 4) is 5.75 Å². The minimum atomic E-state index is -0.373. The molecule has 6 nitrogen and oxygen atoms in total. The Labute approximate surface area is 215 Å². The highest BCUT2D eigenvalue weighted by Gasteiger charge is 2.47. The SMILES string of the molecule is CCN(C(=O)Oc1ccc2c(c1)[C@@]1(C)CCCCC[C@@H](C2)[C@@H]1NC(=O)OCc1ccccc1)C(C)C. The van der Waals surface area contributed by atoms with Gasteiger partial charge in [0, 0.05) is 24.0 Å². The van der Waals surface area contributed by atoms with Crippen molar-refractivity contribution in [2.75, 3.05) is 6.54 Å². The fourth-order valence-corrected chi connectivity index (χ4v) is 6.08. The highest BCUT2D eigenvalue weighted by Crippen LogP contribution is 2.47. The number of carbonyl (C=O) groups is 2. The normalized spacial score (nSPS) is 23.1. The molecule has 0 unspecified atom stereocenters. The smallest absolute Gasteiger partial charge is 0.415 e. The Morgan fingerprint density at radius 3 is 2.61 bits per heavy atom. The van der Waals surface area contributed by atoms with Gasteiger partial charge in [0.05, 0.1) is 0 Å². The van der Waals surface area contributed by atoms with E-state index in [1.807, 2.05) is 63.2 Å². The minimum absolute atomic E-state index is 0.0395. The van der Waals surface area contributed by atoms with Crippen molar-refractivity contribution in [2.45, 2.75) is 90.3 Å². The van der Waals surface area contributed by atoms with E-state index >= 15 is 0 Å². The topological polar surface area (TPSA) is 67.9 Å². The van der Waals surface area contributed by atoms with Crippen LogP contribution in [0, 0.1) is 5.92 Å². The fourth-order valence-electron chi connectivity index (χ4n) is 6.08. The maximum atomic E-state index is 12.9. The van der Waals surface area contributed by atoms with E-state index in [9.17, 15) is 9.59 Å². The zero-order chi connectivity index (χ0) is 25.7. The third-order valence-electron chi connectivity index (χ3n) is 8.00. The molecule has 4 rings (SSSR count). The van der Waals surface area contributed by atoms with Gasteiger partial charge in [0.1, 0.15) is 12.4 Å². The molecule has 6 heteroatoms. The summed E-state index contributed by atoms with van der Waals surface area (Å²) in [5.41, 5.74) is 3.16. The number of benzene rings is 2. The highest BCUT2D eigenvalue weighted by atomic mass is 16.6. The van der Waals surface area contributed by atoms with Gasteiger partial charge >= 0.3 is 12.2 Å². The van der Waals surface area contributed by atoms with E-state index in [0.717, 1.165) is 31.2 Å². The molecule has 0 aromatic heterocycles. The maximum absolute atomic E-state index is 12.9. The Kier molecular flexibility index (Phi) is 8.22. The van der Waals surface area contributed by atoms with E-state index in [4.69, 9.17) is 9.47 Å². The first-order valence-electron chi connectivity index (χ1n) is 13.4. The van der Waals surface area contributed by atoms with Gasteiger partial charge < -0.3 is 19.7 Å². The maximum Gasteiger partial charge on any atom is 0.415 e. The molecule has 2 amide bonds. The van der Waals surface area contributed by atoms with Crippen molar-refractivity contribution in [3.05, 3.63) is 65.2 Å². The molecule has 3 atom stereocenters. The number of rotatable bonds is 6. The lowest BCUT2D eigenvalue weighted by Crippen LogP contribution is -2.57. The molecular weight excluding hydrogens is 452 g/mol. The second kappa shape index (κ2) is 11.4. The predicted molar refractivity (Wildman–Crippen MR) is 141 cm³/mol. The molecule has 2 bridgehead atoms. The second-order valence-corrected chi connectivity index (χ2v) is 10.7. The van der Waals surface area contributed by atoms with Gasteiger partial charge in [-0.05, 0) is 74.8 Å². The van der Waals surface area contributed by atoms with Crippen LogP contribution in [0.4, 0.5) is 9.59 Å². The van der Waals surface area contributed by atoms with Gasteiger partial charge in [0.2, 0.25) is 0 Å². The molecule has 0 saturated heterocycles. The Morgan fingerprint density at radius 2 is 1.89 bits per heavy atom. The van der Waals surface area contributed by atoms with Gasteiger partial charge in [-0.15, -0.1) is 0 Å². The van der Waals surface area contributed by atoms with E-state index in [1.54, 1.807) is 4.90 Å². The summed E-state index contributed by atoms with van der Waals surface area (Å²) in [5, 5.41) is 3.27. The molecule has 2 aromatic rings. The van der Waals surface area contributed by atoms with Gasteiger partial charge in [-0.25, -0.2) is 9.59 Å². The van der Waals surface area contributed by atoms with Crippen molar-refractivity contribution in [3.63, 3.8) is 0 Å². The molecular formula is C30H40N2O4. The summed E-state index contributed by atoms with van der Waals surface area (Å²) in [6.07, 6.45) is 5.70. The number of nitrogens with zero attached hydrogens (tertiary/aromatic N) is 1. The van der Waals surface area contributed by atoms with Crippen LogP contribution in [-0.2, 0) is 23.2 Å². The van der Waals surface area contributed by atoms with E-state index in [-0.39, 0.29) is 36.3 Å². The van der Waals surface area contributed by atoms with Crippen LogP contribution >= 0.6 is 0 Å². The summed E-state index contributed by atoms with van der Waals surface area (Å²) in [7, 11) is 0. The lowest BCUT2D eigenvalue weighted by molar-refractivity contribution is 0.110. The quantitative estimate of drug-likeness (QED) is 0.493. The average Bonchev–Trinajstić information content (AvgIpc) is 2.85. The third kappa shape index (κ3) is 5.69. The second-order valence-electron chi connectivity index (χ2n) is 10.7. The Balaban J connectivity index is 1.57. The van der Waals surface area contributed by atoms with E-state index in [1.165, 1.54) is 24.0 Å². The lowest BCUT2D eigenvalue weighted by atomic mass is 9.59. The molecule has 1 saturated carbocycles. The number of carbonyl (C=O) groups excluding carboxylic acids is 2. The first-order valence-corrected chi connectivity index (χ1v) is 13.4. The largest absolute Gasteiger partial charge is 0.445 e. The van der Waals surface area contributed by atoms with Crippen LogP contribution < -0.4 is 10.1 Å². The standard InChI is InChI=1S/C30H40N2O4/c1-5-32(21(2)3)29(34)36-25-16-15-23-18-24-14-10-7-11-17-30(4,26(23)19-25)27(24)31-28(33)35-20-22-12-8-6-9-13-22/h6,8-9,12-13,15-16,19,21,24,27H,5,7,10-11,14,17-18,20H2,1-4H3,(H,31,33)/t24-,27-,30+/m0/s1. The number of alkyl carbamates (subject to hydrolysis) is 1. The molecule has 1 N–H and O–H groups in total. The van der Waals surface area contributed by atoms with Crippen LogP contribution in [0.25, 0.3) is 0 Å². The molecule has 2 aliphatic rings. The first kappa shape index (κ1) is 26.1. The molecule has 194 valence electrons. The average molecular weight is 493 g/mol. The monoisotopic (exact) mass is 492 g/mol.